The van der Waals surface area contributed by atoms with E-state index in [4.69, 9.17) is 14.9 Å². The Balaban J connectivity index is 3.22. The van der Waals surface area contributed by atoms with Crippen molar-refractivity contribution >= 4 is 5.97 Å². The number of rotatable bonds is 4. The number of carbonyl (C=O) groups is 1. The molecule has 0 heterocycles. The van der Waals surface area contributed by atoms with Crippen LogP contribution in [0.25, 0.3) is 0 Å². The average molecular weight is 210 g/mol. The average Bonchev–Trinajstić information content (AvgIpc) is 2.26. The number of ether oxygens (including phenoxy) is 1. The lowest BCUT2D eigenvalue weighted by molar-refractivity contribution is -0.138. The molecule has 0 saturated carbocycles. The van der Waals surface area contributed by atoms with E-state index in [1.807, 2.05) is 0 Å². The van der Waals surface area contributed by atoms with E-state index in [2.05, 4.69) is 0 Å². The maximum Gasteiger partial charge on any atom is 0.310 e. The zero-order chi connectivity index (χ0) is 11.4. The zero-order valence-corrected chi connectivity index (χ0v) is 8.73. The van der Waals surface area contributed by atoms with E-state index in [1.54, 1.807) is 25.1 Å². The van der Waals surface area contributed by atoms with Gasteiger partial charge >= 0.3 is 5.97 Å². The molecule has 0 spiro atoms. The van der Waals surface area contributed by atoms with E-state index in [0.29, 0.717) is 16.9 Å². The third-order valence-electron chi connectivity index (χ3n) is 2.34. The third-order valence-corrected chi connectivity index (χ3v) is 2.34. The van der Waals surface area contributed by atoms with Gasteiger partial charge in [0.05, 0.1) is 19.6 Å². The van der Waals surface area contributed by atoms with Crippen molar-refractivity contribution in [3.05, 3.63) is 29.3 Å². The molecule has 0 aromatic heterocycles. The van der Waals surface area contributed by atoms with Gasteiger partial charge in [0.15, 0.2) is 0 Å². The first-order chi connectivity index (χ1) is 7.11. The molecule has 0 radical (unpaired) electrons. The predicted octanol–water partition coefficient (Wildman–Crippen LogP) is 1.38. The monoisotopic (exact) mass is 210 g/mol. The SMILES string of the molecule is COc1c(CO)cccc1C(C)C(=O)O. The molecule has 1 rings (SSSR count). The van der Waals surface area contributed by atoms with Crippen LogP contribution in [0.3, 0.4) is 0 Å². The lowest BCUT2D eigenvalue weighted by Crippen LogP contribution is -2.10. The van der Waals surface area contributed by atoms with E-state index >= 15 is 0 Å². The highest BCUT2D eigenvalue weighted by molar-refractivity contribution is 5.77. The third kappa shape index (κ3) is 2.27. The van der Waals surface area contributed by atoms with Crippen molar-refractivity contribution in [3.8, 4) is 5.75 Å². The highest BCUT2D eigenvalue weighted by Crippen LogP contribution is 2.30. The Hall–Kier alpha value is -1.55. The fourth-order valence-corrected chi connectivity index (χ4v) is 1.45. The number of aliphatic hydroxyl groups excluding tert-OH is 1. The highest BCUT2D eigenvalue weighted by Gasteiger charge is 2.19. The van der Waals surface area contributed by atoms with Crippen LogP contribution in [0.5, 0.6) is 5.75 Å². The Morgan fingerprint density at radius 1 is 1.53 bits per heavy atom. The van der Waals surface area contributed by atoms with Crippen molar-refractivity contribution in [1.82, 2.24) is 0 Å². The minimum atomic E-state index is -0.914. The van der Waals surface area contributed by atoms with Crippen molar-refractivity contribution in [3.63, 3.8) is 0 Å². The van der Waals surface area contributed by atoms with Crippen LogP contribution in [0.4, 0.5) is 0 Å². The molecule has 4 nitrogen and oxygen atoms in total. The van der Waals surface area contributed by atoms with Gasteiger partial charge in [-0.15, -0.1) is 0 Å². The van der Waals surface area contributed by atoms with Crippen molar-refractivity contribution < 1.29 is 19.7 Å². The molecular formula is C11H14O4. The van der Waals surface area contributed by atoms with Gasteiger partial charge in [0.2, 0.25) is 0 Å². The first-order valence-corrected chi connectivity index (χ1v) is 4.61. The Morgan fingerprint density at radius 2 is 2.20 bits per heavy atom. The Bertz CT molecular complexity index is 360. The number of benzene rings is 1. The summed E-state index contributed by atoms with van der Waals surface area (Å²) < 4.78 is 5.12. The van der Waals surface area contributed by atoms with Gasteiger partial charge in [-0.05, 0) is 6.92 Å². The van der Waals surface area contributed by atoms with Crippen LogP contribution in [0.2, 0.25) is 0 Å². The number of carboxylic acid groups (broad SMARTS) is 1. The molecule has 82 valence electrons. The molecule has 1 unspecified atom stereocenters. The summed E-state index contributed by atoms with van der Waals surface area (Å²) in [5, 5.41) is 18.0. The number of carboxylic acids is 1. The summed E-state index contributed by atoms with van der Waals surface area (Å²) in [6.07, 6.45) is 0. The molecule has 1 aromatic carbocycles. The van der Waals surface area contributed by atoms with Gasteiger partial charge in [-0.25, -0.2) is 0 Å². The first-order valence-electron chi connectivity index (χ1n) is 4.61. The molecule has 1 atom stereocenters. The number of methoxy groups -OCH3 is 1. The summed E-state index contributed by atoms with van der Waals surface area (Å²) in [6, 6.07) is 5.11. The smallest absolute Gasteiger partial charge is 0.310 e. The Morgan fingerprint density at radius 3 is 2.67 bits per heavy atom. The van der Waals surface area contributed by atoms with Gasteiger partial charge < -0.3 is 14.9 Å². The second-order valence-corrected chi connectivity index (χ2v) is 3.26. The lowest BCUT2D eigenvalue weighted by Gasteiger charge is -2.14. The van der Waals surface area contributed by atoms with Crippen molar-refractivity contribution in [2.24, 2.45) is 0 Å². The maximum atomic E-state index is 10.8. The largest absolute Gasteiger partial charge is 0.496 e. The van der Waals surface area contributed by atoms with Crippen molar-refractivity contribution in [2.75, 3.05) is 7.11 Å². The van der Waals surface area contributed by atoms with Gasteiger partial charge in [0.25, 0.3) is 0 Å². The highest BCUT2D eigenvalue weighted by atomic mass is 16.5. The van der Waals surface area contributed by atoms with Crippen LogP contribution >= 0.6 is 0 Å². The predicted molar refractivity (Wildman–Crippen MR) is 55.0 cm³/mol. The topological polar surface area (TPSA) is 66.8 Å². The first kappa shape index (κ1) is 11.5. The van der Waals surface area contributed by atoms with Gasteiger partial charge in [-0.1, -0.05) is 18.2 Å². The number of hydrogen-bond donors (Lipinski definition) is 2. The molecule has 0 fully saturated rings. The Labute approximate surface area is 88.1 Å². The molecule has 4 heteroatoms. The van der Waals surface area contributed by atoms with Crippen LogP contribution in [0.1, 0.15) is 24.0 Å². The summed E-state index contributed by atoms with van der Waals surface area (Å²) in [6.45, 7) is 1.42. The summed E-state index contributed by atoms with van der Waals surface area (Å²) >= 11 is 0. The Kier molecular flexibility index (Phi) is 3.68. The van der Waals surface area contributed by atoms with Crippen LogP contribution in [0, 0.1) is 0 Å². The van der Waals surface area contributed by atoms with Crippen LogP contribution in [-0.4, -0.2) is 23.3 Å². The lowest BCUT2D eigenvalue weighted by atomic mass is 9.98. The molecular weight excluding hydrogens is 196 g/mol. The second-order valence-electron chi connectivity index (χ2n) is 3.26. The molecule has 0 aliphatic rings. The number of hydrogen-bond acceptors (Lipinski definition) is 3. The molecule has 0 aliphatic carbocycles. The fourth-order valence-electron chi connectivity index (χ4n) is 1.45. The van der Waals surface area contributed by atoms with Gasteiger partial charge in [-0.2, -0.15) is 0 Å². The number of para-hydroxylation sites is 1. The molecule has 1 aromatic rings. The molecule has 0 amide bonds. The molecule has 0 aliphatic heterocycles. The molecule has 2 N–H and O–H groups in total. The summed E-state index contributed by atoms with van der Waals surface area (Å²) in [7, 11) is 1.46. The van der Waals surface area contributed by atoms with Crippen molar-refractivity contribution in [1.29, 1.82) is 0 Å². The van der Waals surface area contributed by atoms with E-state index in [9.17, 15) is 4.79 Å². The normalized spacial score (nSPS) is 12.2. The van der Waals surface area contributed by atoms with Gasteiger partial charge in [0.1, 0.15) is 5.75 Å². The number of aliphatic carboxylic acids is 1. The summed E-state index contributed by atoms with van der Waals surface area (Å²) in [4.78, 5) is 10.8. The summed E-state index contributed by atoms with van der Waals surface area (Å²) in [5.74, 6) is -1.11. The maximum absolute atomic E-state index is 10.8. The molecule has 0 bridgehead atoms. The van der Waals surface area contributed by atoms with Crippen molar-refractivity contribution in [2.45, 2.75) is 19.4 Å². The quantitative estimate of drug-likeness (QED) is 0.787. The van der Waals surface area contributed by atoms with E-state index in [1.165, 1.54) is 7.11 Å². The molecule has 15 heavy (non-hydrogen) atoms. The minimum absolute atomic E-state index is 0.163. The second kappa shape index (κ2) is 4.79. The fraction of sp³-hybridized carbons (Fsp3) is 0.364. The van der Waals surface area contributed by atoms with E-state index in [0.717, 1.165) is 0 Å². The van der Waals surface area contributed by atoms with Gasteiger partial charge in [0, 0.05) is 11.1 Å². The number of aliphatic hydroxyl groups is 1. The summed E-state index contributed by atoms with van der Waals surface area (Å²) in [5.41, 5.74) is 1.18. The van der Waals surface area contributed by atoms with Crippen LogP contribution < -0.4 is 4.74 Å². The van der Waals surface area contributed by atoms with Gasteiger partial charge in [-0.3, -0.25) is 4.79 Å². The minimum Gasteiger partial charge on any atom is -0.496 e. The van der Waals surface area contributed by atoms with E-state index in [-0.39, 0.29) is 6.61 Å². The zero-order valence-electron chi connectivity index (χ0n) is 8.73. The van der Waals surface area contributed by atoms with Crippen LogP contribution in [-0.2, 0) is 11.4 Å². The standard InChI is InChI=1S/C11H14O4/c1-7(11(13)14)9-5-3-4-8(6-12)10(9)15-2/h3-5,7,12H,6H2,1-2H3,(H,13,14). The molecule has 0 saturated heterocycles. The van der Waals surface area contributed by atoms with E-state index < -0.39 is 11.9 Å². The van der Waals surface area contributed by atoms with Crippen LogP contribution in [0.15, 0.2) is 18.2 Å².